The van der Waals surface area contributed by atoms with E-state index in [1.54, 1.807) is 0 Å². The number of hydrogen-bond acceptors (Lipinski definition) is 22. The Kier molecular flexibility index (Phi) is 45.9. The minimum atomic E-state index is -1.57. The lowest BCUT2D eigenvalue weighted by Crippen LogP contribution is -2.51. The van der Waals surface area contributed by atoms with Crippen molar-refractivity contribution in [1.82, 2.24) is 58.5 Å². The van der Waals surface area contributed by atoms with E-state index in [1.807, 2.05) is 0 Å². The first-order valence-corrected chi connectivity index (χ1v) is 34.3. The van der Waals surface area contributed by atoms with Gasteiger partial charge in [0.1, 0.15) is 61.2 Å². The zero-order valence-electron chi connectivity index (χ0n) is 59.9. The van der Waals surface area contributed by atoms with Crippen LogP contribution in [0.4, 0.5) is 0 Å². The normalized spacial score (nSPS) is 14.4. The fourth-order valence-corrected chi connectivity index (χ4v) is 10.0. The van der Waals surface area contributed by atoms with E-state index in [2.05, 4.69) is 58.5 Å². The summed E-state index contributed by atoms with van der Waals surface area (Å²) in [6.45, 7) is 8.55. The molecule has 0 aliphatic heterocycles. The molecule has 0 aromatic heterocycles. The van der Waals surface area contributed by atoms with Crippen LogP contribution in [-0.4, -0.2) is 219 Å². The van der Waals surface area contributed by atoms with Gasteiger partial charge in [0.15, 0.2) is 11.6 Å². The van der Waals surface area contributed by atoms with Gasteiger partial charge in [-0.3, -0.25) is 95.9 Å². The topological polar surface area (TPSA) is 607 Å². The summed E-state index contributed by atoms with van der Waals surface area (Å²) in [6, 6.07) is -10.2. The molecule has 0 aliphatic carbocycles. The number of aliphatic carboxylic acids is 4. The Morgan fingerprint density at radius 3 is 0.932 bits per heavy atom. The fourth-order valence-electron chi connectivity index (χ4n) is 10.0. The Hall–Kier alpha value is -9.68. The van der Waals surface area contributed by atoms with E-state index in [1.165, 1.54) is 55.4 Å². The number of carboxylic acids is 4. The molecule has 37 nitrogen and oxygen atoms in total. The summed E-state index contributed by atoms with van der Waals surface area (Å²) in [5.41, 5.74) is 11.2. The zero-order chi connectivity index (χ0) is 78.6. The number of nitrogens with one attached hydrogen (secondary N) is 11. The number of Topliss-reactive ketones (excluding diaryl/α,β-unsaturated/α-hetero) is 5. The zero-order valence-corrected chi connectivity index (χ0v) is 59.9. The van der Waals surface area contributed by atoms with E-state index >= 15 is 0 Å². The van der Waals surface area contributed by atoms with E-state index < -0.39 is 236 Å². The molecule has 19 N–H and O–H groups in total. The van der Waals surface area contributed by atoms with Crippen molar-refractivity contribution in [1.29, 1.82) is 0 Å². The Morgan fingerprint density at radius 2 is 0.621 bits per heavy atom. The predicted molar refractivity (Wildman–Crippen MR) is 364 cm³/mol. The largest absolute Gasteiger partial charge is 0.480 e. The molecular weight excluding hydrogens is 1360 g/mol. The molecule has 0 radical (unpaired) electrons. The van der Waals surface area contributed by atoms with Gasteiger partial charge in [-0.1, -0.05) is 32.6 Å². The van der Waals surface area contributed by atoms with Crippen molar-refractivity contribution >= 4 is 118 Å². The molecule has 0 aliphatic rings. The van der Waals surface area contributed by atoms with Gasteiger partial charge in [-0.05, 0) is 92.4 Å². The van der Waals surface area contributed by atoms with Crippen LogP contribution in [0.15, 0.2) is 0 Å². The lowest BCUT2D eigenvalue weighted by atomic mass is 9.91. The quantitative estimate of drug-likeness (QED) is 0.0272. The number of hydrogen-bond donors (Lipinski definition) is 17. The van der Waals surface area contributed by atoms with Gasteiger partial charge in [-0.15, -0.1) is 0 Å². The second kappa shape index (κ2) is 50.6. The molecule has 12 unspecified atom stereocenters. The lowest BCUT2D eigenvalue weighted by molar-refractivity contribution is -0.142. The fraction of sp³-hybridized carbons (Fsp3) is 0.697. The monoisotopic (exact) mass is 1470 g/mol. The summed E-state index contributed by atoms with van der Waals surface area (Å²) >= 11 is 0. The first-order chi connectivity index (χ1) is 48.1. The van der Waals surface area contributed by atoms with Crippen LogP contribution in [0.5, 0.6) is 0 Å². The molecule has 0 heterocycles. The molecule has 12 atom stereocenters. The summed E-state index contributed by atoms with van der Waals surface area (Å²) < 4.78 is 0. The van der Waals surface area contributed by atoms with E-state index in [0.717, 1.165) is 0 Å². The van der Waals surface area contributed by atoms with Crippen molar-refractivity contribution < 1.29 is 116 Å². The summed E-state index contributed by atoms with van der Waals surface area (Å²) in [5, 5.41) is 63.1. The van der Waals surface area contributed by atoms with Crippen molar-refractivity contribution in [2.75, 3.05) is 32.7 Å². The Bertz CT molecular complexity index is 2980. The Balaban J connectivity index is 6.23. The highest BCUT2D eigenvalue weighted by Gasteiger charge is 2.33. The highest BCUT2D eigenvalue weighted by atomic mass is 16.4. The number of nitrogens with two attached hydrogens (primary N) is 2. The van der Waals surface area contributed by atoms with Crippen LogP contribution in [0.3, 0.4) is 0 Å². The van der Waals surface area contributed by atoms with Crippen LogP contribution in [0.2, 0.25) is 0 Å². The van der Waals surface area contributed by atoms with Gasteiger partial charge in [0.2, 0.25) is 65.0 Å². The molecule has 0 fully saturated rings. The van der Waals surface area contributed by atoms with Gasteiger partial charge < -0.3 is 90.4 Å². The van der Waals surface area contributed by atoms with Gasteiger partial charge in [-0.25, -0.2) is 0 Å². The number of rotatable bonds is 57. The molecule has 580 valence electrons. The Morgan fingerprint density at radius 1 is 0.311 bits per heavy atom. The lowest BCUT2D eigenvalue weighted by Gasteiger charge is -2.23. The van der Waals surface area contributed by atoms with Crippen molar-refractivity contribution in [3.8, 4) is 0 Å². The number of ketones is 5. The molecule has 0 aromatic carbocycles. The van der Waals surface area contributed by atoms with Crippen molar-refractivity contribution in [3.63, 3.8) is 0 Å². The number of carbonyl (C=O) groups excluding carboxylic acids is 16. The minimum Gasteiger partial charge on any atom is -0.480 e. The number of carbonyl (C=O) groups is 20. The van der Waals surface area contributed by atoms with Gasteiger partial charge >= 0.3 is 23.9 Å². The van der Waals surface area contributed by atoms with Gasteiger partial charge in [0.25, 0.3) is 0 Å². The second-order valence-corrected chi connectivity index (χ2v) is 25.7. The molecule has 11 amide bonds. The minimum absolute atomic E-state index is 0.0370. The van der Waals surface area contributed by atoms with Crippen LogP contribution in [-0.2, 0) is 95.9 Å². The maximum atomic E-state index is 13.9. The van der Waals surface area contributed by atoms with Crippen molar-refractivity contribution in [2.24, 2.45) is 35.1 Å². The van der Waals surface area contributed by atoms with Gasteiger partial charge in [-0.2, -0.15) is 0 Å². The standard InChI is InChI=1S/C66H107N13O24/c1-35(28-53(86)39(5)75-61(97)45(18-13-15-27-70-42(8)81)31-48(84)22-25-51(79-59(95)37(3)68)65(101)73-34-56(91)92)57(93)77-49(63(99)71-32-54(87)88)23-20-46(82)30-44(17-12-14-26-69-41(7)80)60(96)74-38(4)52(85)19-11-9-10-16-43(62(98)76-40(6)66(102)103)29-47(83)21-24-50(78-58(94)36(2)67)64(100)72-33-55(89)90/h35-40,43-45,49-51H,9-34,67-68H2,1-8H3,(H,69,80)(H,70,81)(H,71,99)(H,72,100)(H,73,101)(H,74,96)(H,75,97)(H,76,98)(H,77,93)(H,78,94)(H,79,95)(H,87,88)(H,89,90)(H,91,92)(H,102,103). The first kappa shape index (κ1) is 93.3. The number of carboxylic acid groups (broad SMARTS) is 4. The van der Waals surface area contributed by atoms with E-state index in [9.17, 15) is 106 Å². The molecule has 0 saturated heterocycles. The maximum absolute atomic E-state index is 13.9. The van der Waals surface area contributed by atoms with Crippen LogP contribution < -0.4 is 70.0 Å². The molecule has 0 spiro atoms. The number of unbranched alkanes of at least 4 members (excludes halogenated alkanes) is 4. The molecular formula is C66H107N13O24. The molecule has 0 aromatic rings. The molecule has 37 heteroatoms. The predicted octanol–water partition coefficient (Wildman–Crippen LogP) is -2.87. The van der Waals surface area contributed by atoms with Crippen molar-refractivity contribution in [2.45, 2.75) is 239 Å². The summed E-state index contributed by atoms with van der Waals surface area (Å²) in [7, 11) is 0. The highest BCUT2D eigenvalue weighted by molar-refractivity contribution is 5.97. The van der Waals surface area contributed by atoms with E-state index in [0.29, 0.717) is 32.1 Å². The van der Waals surface area contributed by atoms with Crippen LogP contribution in [0.1, 0.15) is 190 Å². The van der Waals surface area contributed by atoms with Crippen LogP contribution in [0.25, 0.3) is 0 Å². The first-order valence-electron chi connectivity index (χ1n) is 34.3. The van der Waals surface area contributed by atoms with Crippen LogP contribution in [0, 0.1) is 23.7 Å². The molecule has 0 saturated carbocycles. The molecule has 0 bridgehead atoms. The summed E-state index contributed by atoms with van der Waals surface area (Å²) in [6.07, 6.45) is -1.77. The van der Waals surface area contributed by atoms with Crippen LogP contribution >= 0.6 is 0 Å². The smallest absolute Gasteiger partial charge is 0.325 e. The average Bonchev–Trinajstić information content (AvgIpc) is 0.875. The van der Waals surface area contributed by atoms with Gasteiger partial charge in [0.05, 0.1) is 24.2 Å². The van der Waals surface area contributed by atoms with Crippen molar-refractivity contribution in [3.05, 3.63) is 0 Å². The number of amides is 11. The Labute approximate surface area is 597 Å². The summed E-state index contributed by atoms with van der Waals surface area (Å²) in [4.78, 5) is 254. The summed E-state index contributed by atoms with van der Waals surface area (Å²) in [5.74, 6) is -20.9. The van der Waals surface area contributed by atoms with Gasteiger partial charge in [0, 0.05) is 102 Å². The maximum Gasteiger partial charge on any atom is 0.325 e. The molecule has 0 rings (SSSR count). The van der Waals surface area contributed by atoms with E-state index in [-0.39, 0.29) is 89.1 Å². The third-order valence-corrected chi connectivity index (χ3v) is 16.2. The SMILES string of the molecule is CC(=O)NCCCCC(CC(=O)CCC(NC(=O)C(C)CC(=O)C(C)NC(=O)C(CCCCNC(C)=O)CC(=O)CCC(NC(=O)C(C)N)C(=O)NCC(=O)O)C(=O)NCC(=O)O)C(=O)NC(C)C(=O)CCCCCC(CC(=O)CCC(NC(=O)C(C)N)C(=O)NCC(=O)O)C(=O)NC(C)C(=O)O. The van der Waals surface area contributed by atoms with E-state index in [4.69, 9.17) is 21.7 Å². The molecule has 103 heavy (non-hydrogen) atoms. The third-order valence-electron chi connectivity index (χ3n) is 16.2. The average molecular weight is 1470 g/mol. The second-order valence-electron chi connectivity index (χ2n) is 25.7. The third kappa shape index (κ3) is 43.0. The highest BCUT2D eigenvalue weighted by Crippen LogP contribution is 2.22.